The van der Waals surface area contributed by atoms with Crippen molar-refractivity contribution in [1.29, 1.82) is 0 Å². The molecule has 5 nitrogen and oxygen atoms in total. The standard InChI is InChI=1S/C31H17Br7O5/c32-17-2-1-15(21(34)11-17)9-16-10-20(41-19-4-5-25(39)22(35)13-19)14-24(37)30(16)43-28-8-6-26(40)31(29(28)38)42-27-7-3-18(33)12-23(27)36/h1-8,10-14,39-40H,9H2. The molecule has 5 rings (SSSR count). The first kappa shape index (κ1) is 32.8. The lowest BCUT2D eigenvalue weighted by molar-refractivity contribution is 0.400. The second kappa shape index (κ2) is 14.3. The molecule has 0 fully saturated rings. The third kappa shape index (κ3) is 8.01. The fraction of sp³-hybridized carbons (Fsp3) is 0.0323. The van der Waals surface area contributed by atoms with Gasteiger partial charge in [-0.05, 0) is 142 Å². The maximum Gasteiger partial charge on any atom is 0.187 e. The van der Waals surface area contributed by atoms with Crippen LogP contribution in [0.15, 0.2) is 110 Å². The molecule has 0 atom stereocenters. The van der Waals surface area contributed by atoms with E-state index in [0.717, 1.165) is 24.5 Å². The molecule has 5 aromatic carbocycles. The molecule has 0 radical (unpaired) electrons. The molecule has 0 amide bonds. The third-order valence-electron chi connectivity index (χ3n) is 6.00. The van der Waals surface area contributed by atoms with E-state index in [4.69, 9.17) is 14.2 Å². The highest BCUT2D eigenvalue weighted by molar-refractivity contribution is 9.11. The molecule has 12 heteroatoms. The maximum atomic E-state index is 10.7. The predicted octanol–water partition coefficient (Wildman–Crippen LogP) is 13.4. The number of rotatable bonds is 8. The molecule has 2 N–H and O–H groups in total. The van der Waals surface area contributed by atoms with Crippen molar-refractivity contribution in [1.82, 2.24) is 0 Å². The molecular formula is C31H17Br7O5. The first-order valence-corrected chi connectivity index (χ1v) is 17.8. The van der Waals surface area contributed by atoms with E-state index in [0.29, 0.717) is 53.1 Å². The summed E-state index contributed by atoms with van der Waals surface area (Å²) in [7, 11) is 0. The molecule has 0 aliphatic heterocycles. The van der Waals surface area contributed by atoms with Gasteiger partial charge in [0.1, 0.15) is 39.0 Å². The van der Waals surface area contributed by atoms with Gasteiger partial charge in [0.25, 0.3) is 0 Å². The van der Waals surface area contributed by atoms with Crippen LogP contribution in [0.4, 0.5) is 0 Å². The maximum absolute atomic E-state index is 10.7. The van der Waals surface area contributed by atoms with Crippen LogP contribution in [0.25, 0.3) is 0 Å². The highest BCUT2D eigenvalue weighted by Crippen LogP contribution is 2.48. The summed E-state index contributed by atoms with van der Waals surface area (Å²) in [6.07, 6.45) is 0.503. The van der Waals surface area contributed by atoms with Crippen LogP contribution in [0.2, 0.25) is 0 Å². The van der Waals surface area contributed by atoms with Gasteiger partial charge in [-0.1, -0.05) is 53.9 Å². The normalized spacial score (nSPS) is 11.0. The van der Waals surface area contributed by atoms with E-state index >= 15 is 0 Å². The molecule has 0 aliphatic rings. The fourth-order valence-corrected chi connectivity index (χ4v) is 7.70. The average Bonchev–Trinajstić information content (AvgIpc) is 2.94. The Morgan fingerprint density at radius 3 is 1.79 bits per heavy atom. The van der Waals surface area contributed by atoms with Gasteiger partial charge in [0, 0.05) is 25.4 Å². The molecule has 5 aromatic rings. The molecule has 0 spiro atoms. The van der Waals surface area contributed by atoms with Crippen LogP contribution in [-0.4, -0.2) is 10.2 Å². The van der Waals surface area contributed by atoms with Crippen molar-refractivity contribution in [2.24, 2.45) is 0 Å². The van der Waals surface area contributed by atoms with Crippen molar-refractivity contribution in [2.75, 3.05) is 0 Å². The Balaban J connectivity index is 1.54. The zero-order valence-corrected chi connectivity index (χ0v) is 32.6. The van der Waals surface area contributed by atoms with Gasteiger partial charge in [0.2, 0.25) is 0 Å². The Morgan fingerprint density at radius 1 is 0.465 bits per heavy atom. The minimum absolute atomic E-state index is 0.0593. The molecule has 0 aromatic heterocycles. The van der Waals surface area contributed by atoms with Gasteiger partial charge in [0.15, 0.2) is 11.5 Å². The summed E-state index contributed by atoms with van der Waals surface area (Å²) >= 11 is 24.7. The largest absolute Gasteiger partial charge is 0.507 e. The lowest BCUT2D eigenvalue weighted by Crippen LogP contribution is -1.99. The minimum Gasteiger partial charge on any atom is -0.507 e. The van der Waals surface area contributed by atoms with E-state index in [1.54, 1.807) is 36.4 Å². The summed E-state index contributed by atoms with van der Waals surface area (Å²) in [5.74, 6) is 2.86. The molecular weight excluding hydrogens is 1010 g/mol. The van der Waals surface area contributed by atoms with Crippen molar-refractivity contribution >= 4 is 112 Å². The molecule has 0 heterocycles. The summed E-state index contributed by atoms with van der Waals surface area (Å²) in [6, 6.07) is 23.3. The molecule has 0 saturated carbocycles. The summed E-state index contributed by atoms with van der Waals surface area (Å²) in [6.45, 7) is 0. The summed E-state index contributed by atoms with van der Waals surface area (Å²) in [5, 5.41) is 20.6. The molecule has 0 saturated heterocycles. The van der Waals surface area contributed by atoms with Crippen molar-refractivity contribution in [3.63, 3.8) is 0 Å². The first-order chi connectivity index (χ1) is 20.5. The van der Waals surface area contributed by atoms with Crippen molar-refractivity contribution < 1.29 is 24.4 Å². The Kier molecular flexibility index (Phi) is 10.9. The summed E-state index contributed by atoms with van der Waals surface area (Å²) in [5.41, 5.74) is 1.85. The van der Waals surface area contributed by atoms with Crippen LogP contribution in [0.1, 0.15) is 11.1 Å². The molecule has 0 bridgehead atoms. The summed E-state index contributed by atoms with van der Waals surface area (Å²) in [4.78, 5) is 0. The molecule has 43 heavy (non-hydrogen) atoms. The van der Waals surface area contributed by atoms with Gasteiger partial charge in [-0.25, -0.2) is 0 Å². The number of aromatic hydroxyl groups is 2. The highest BCUT2D eigenvalue weighted by atomic mass is 79.9. The van der Waals surface area contributed by atoms with E-state index in [9.17, 15) is 10.2 Å². The number of ether oxygens (including phenoxy) is 3. The Hall–Kier alpha value is -1.54. The lowest BCUT2D eigenvalue weighted by atomic mass is 10.0. The summed E-state index contributed by atoms with van der Waals surface area (Å²) < 4.78 is 23.8. The third-order valence-corrected chi connectivity index (χ3v) is 10.3. The highest BCUT2D eigenvalue weighted by Gasteiger charge is 2.21. The first-order valence-electron chi connectivity index (χ1n) is 12.2. The number of hydrogen-bond acceptors (Lipinski definition) is 5. The Bertz CT molecular complexity index is 1850. The second-order valence-corrected chi connectivity index (χ2v) is 15.1. The van der Waals surface area contributed by atoms with E-state index < -0.39 is 0 Å². The lowest BCUT2D eigenvalue weighted by Gasteiger charge is -2.19. The van der Waals surface area contributed by atoms with Gasteiger partial charge in [0.05, 0.1) is 13.4 Å². The number of hydrogen-bond donors (Lipinski definition) is 2. The topological polar surface area (TPSA) is 68.2 Å². The predicted molar refractivity (Wildman–Crippen MR) is 192 cm³/mol. The Morgan fingerprint density at radius 2 is 1.09 bits per heavy atom. The van der Waals surface area contributed by atoms with Gasteiger partial charge in [-0.2, -0.15) is 0 Å². The van der Waals surface area contributed by atoms with Gasteiger partial charge in [-0.3, -0.25) is 0 Å². The Labute approximate surface area is 306 Å². The van der Waals surface area contributed by atoms with Crippen molar-refractivity contribution in [2.45, 2.75) is 6.42 Å². The molecule has 0 aliphatic carbocycles. The van der Waals surface area contributed by atoms with Crippen molar-refractivity contribution in [3.8, 4) is 46.0 Å². The number of phenols is 2. The van der Waals surface area contributed by atoms with Gasteiger partial charge >= 0.3 is 0 Å². The number of benzene rings is 5. The minimum atomic E-state index is -0.0593. The average molecular weight is 1030 g/mol. The van der Waals surface area contributed by atoms with Crippen LogP contribution in [0, 0.1) is 0 Å². The quantitative estimate of drug-likeness (QED) is 0.162. The smallest absolute Gasteiger partial charge is 0.187 e. The van der Waals surface area contributed by atoms with Crippen LogP contribution in [-0.2, 0) is 6.42 Å². The molecule has 0 unspecified atom stereocenters. The van der Waals surface area contributed by atoms with E-state index in [1.165, 1.54) is 6.07 Å². The monoisotopic (exact) mass is 1020 g/mol. The van der Waals surface area contributed by atoms with Gasteiger partial charge in [-0.15, -0.1) is 0 Å². The SMILES string of the molecule is Oc1ccc(Oc2cc(Br)c(Oc3ccc(O)c(Oc4ccc(Br)cc4Br)c3Br)c(Cc3ccc(Br)cc3Br)c2)cc1Br. The second-order valence-electron chi connectivity index (χ2n) is 9.03. The zero-order valence-electron chi connectivity index (χ0n) is 21.5. The number of halogens is 7. The van der Waals surface area contributed by atoms with Crippen LogP contribution in [0.5, 0.6) is 46.0 Å². The zero-order chi connectivity index (χ0) is 30.8. The van der Waals surface area contributed by atoms with E-state index in [1.807, 2.05) is 36.4 Å². The van der Waals surface area contributed by atoms with Crippen LogP contribution >= 0.6 is 112 Å². The number of phenolic OH excluding ortho intramolecular Hbond substituents is 2. The van der Waals surface area contributed by atoms with E-state index in [-0.39, 0.29) is 17.2 Å². The van der Waals surface area contributed by atoms with Crippen molar-refractivity contribution in [3.05, 3.63) is 121 Å². The van der Waals surface area contributed by atoms with E-state index in [2.05, 4.69) is 112 Å². The molecule has 220 valence electrons. The van der Waals surface area contributed by atoms with Crippen LogP contribution in [0.3, 0.4) is 0 Å². The van der Waals surface area contributed by atoms with Crippen LogP contribution < -0.4 is 14.2 Å². The van der Waals surface area contributed by atoms with Gasteiger partial charge < -0.3 is 24.4 Å². The fourth-order valence-electron chi connectivity index (χ4n) is 3.97.